The quantitative estimate of drug-likeness (QED) is 0.742. The van der Waals surface area contributed by atoms with Crippen molar-refractivity contribution < 1.29 is 15.0 Å². The smallest absolute Gasteiger partial charge is 0.335 e. The number of aliphatic carboxylic acids is 1. The SMILES string of the molecule is CC(O)(Cc1cccnc1Cl)C(=O)O. The first-order valence-corrected chi connectivity index (χ1v) is 4.36. The van der Waals surface area contributed by atoms with Gasteiger partial charge in [-0.05, 0) is 18.6 Å². The average molecular weight is 216 g/mol. The number of halogens is 1. The Morgan fingerprint density at radius 3 is 2.86 bits per heavy atom. The van der Waals surface area contributed by atoms with Crippen LogP contribution in [0.15, 0.2) is 18.3 Å². The minimum absolute atomic E-state index is 0.0605. The second-order valence-corrected chi connectivity index (χ2v) is 3.57. The molecule has 4 nitrogen and oxygen atoms in total. The van der Waals surface area contributed by atoms with Gasteiger partial charge in [-0.15, -0.1) is 0 Å². The minimum atomic E-state index is -1.81. The molecule has 5 heteroatoms. The van der Waals surface area contributed by atoms with Crippen molar-refractivity contribution in [3.63, 3.8) is 0 Å². The summed E-state index contributed by atoms with van der Waals surface area (Å²) in [5.41, 5.74) is -1.30. The van der Waals surface area contributed by atoms with Gasteiger partial charge in [-0.3, -0.25) is 0 Å². The van der Waals surface area contributed by atoms with Crippen LogP contribution in [0.25, 0.3) is 0 Å². The second-order valence-electron chi connectivity index (χ2n) is 3.21. The fraction of sp³-hybridized carbons (Fsp3) is 0.333. The largest absolute Gasteiger partial charge is 0.479 e. The van der Waals surface area contributed by atoms with Gasteiger partial charge in [0.15, 0.2) is 5.60 Å². The van der Waals surface area contributed by atoms with E-state index >= 15 is 0 Å². The van der Waals surface area contributed by atoms with Gasteiger partial charge in [-0.1, -0.05) is 17.7 Å². The van der Waals surface area contributed by atoms with E-state index in [0.29, 0.717) is 5.56 Å². The summed E-state index contributed by atoms with van der Waals surface area (Å²) in [7, 11) is 0. The van der Waals surface area contributed by atoms with Gasteiger partial charge in [-0.2, -0.15) is 0 Å². The van der Waals surface area contributed by atoms with Crippen LogP contribution in [0.1, 0.15) is 12.5 Å². The third kappa shape index (κ3) is 2.43. The molecule has 1 aromatic heterocycles. The summed E-state index contributed by atoms with van der Waals surface area (Å²) in [6, 6.07) is 3.27. The highest BCUT2D eigenvalue weighted by atomic mass is 35.5. The Morgan fingerprint density at radius 1 is 1.71 bits per heavy atom. The van der Waals surface area contributed by atoms with E-state index in [2.05, 4.69) is 4.98 Å². The van der Waals surface area contributed by atoms with Gasteiger partial charge < -0.3 is 10.2 Å². The van der Waals surface area contributed by atoms with Crippen molar-refractivity contribution in [2.75, 3.05) is 0 Å². The molecule has 14 heavy (non-hydrogen) atoms. The van der Waals surface area contributed by atoms with Crippen molar-refractivity contribution in [1.82, 2.24) is 4.98 Å². The molecule has 0 bridgehead atoms. The van der Waals surface area contributed by atoms with Gasteiger partial charge in [0.05, 0.1) is 0 Å². The Kier molecular flexibility index (Phi) is 3.08. The normalized spacial score (nSPS) is 14.8. The zero-order valence-corrected chi connectivity index (χ0v) is 8.32. The van der Waals surface area contributed by atoms with E-state index in [0.717, 1.165) is 0 Å². The molecule has 1 atom stereocenters. The van der Waals surface area contributed by atoms with Crippen LogP contribution >= 0.6 is 11.6 Å². The molecule has 0 radical (unpaired) electrons. The van der Waals surface area contributed by atoms with Crippen LogP contribution in [0.2, 0.25) is 5.15 Å². The van der Waals surface area contributed by atoms with Gasteiger partial charge in [0, 0.05) is 12.6 Å². The number of aliphatic hydroxyl groups is 1. The summed E-state index contributed by atoms with van der Waals surface area (Å²) in [4.78, 5) is 14.4. The summed E-state index contributed by atoms with van der Waals surface area (Å²) in [6.45, 7) is 1.22. The van der Waals surface area contributed by atoms with E-state index in [-0.39, 0.29) is 11.6 Å². The van der Waals surface area contributed by atoms with E-state index in [1.54, 1.807) is 12.1 Å². The number of hydrogen-bond donors (Lipinski definition) is 2. The average Bonchev–Trinajstić information content (AvgIpc) is 2.08. The Morgan fingerprint density at radius 2 is 2.36 bits per heavy atom. The highest BCUT2D eigenvalue weighted by Gasteiger charge is 2.30. The maximum absolute atomic E-state index is 10.6. The zero-order chi connectivity index (χ0) is 10.8. The number of nitrogens with zero attached hydrogens (tertiary/aromatic N) is 1. The first kappa shape index (κ1) is 10.9. The Hall–Kier alpha value is -1.13. The van der Waals surface area contributed by atoms with Crippen molar-refractivity contribution in [2.45, 2.75) is 18.9 Å². The number of carbonyl (C=O) groups is 1. The lowest BCUT2D eigenvalue weighted by Gasteiger charge is -2.17. The molecule has 0 spiro atoms. The Bertz CT molecular complexity index is 352. The third-order valence-corrected chi connectivity index (χ3v) is 2.17. The number of carboxylic acids is 1. The summed E-state index contributed by atoms with van der Waals surface area (Å²) in [6.07, 6.45) is 1.44. The van der Waals surface area contributed by atoms with Gasteiger partial charge in [0.1, 0.15) is 5.15 Å². The highest BCUT2D eigenvalue weighted by molar-refractivity contribution is 6.30. The van der Waals surface area contributed by atoms with Gasteiger partial charge in [0.2, 0.25) is 0 Å². The molecular weight excluding hydrogens is 206 g/mol. The molecule has 1 rings (SSSR count). The minimum Gasteiger partial charge on any atom is -0.479 e. The van der Waals surface area contributed by atoms with E-state index in [1.807, 2.05) is 0 Å². The second kappa shape index (κ2) is 3.94. The molecule has 0 fully saturated rings. The van der Waals surface area contributed by atoms with Crippen LogP contribution in [-0.2, 0) is 11.2 Å². The van der Waals surface area contributed by atoms with Crippen LogP contribution in [0.5, 0.6) is 0 Å². The fourth-order valence-electron chi connectivity index (χ4n) is 0.998. The molecule has 1 unspecified atom stereocenters. The standard InChI is InChI=1S/C9H10ClNO3/c1-9(14,8(12)13)5-6-3-2-4-11-7(6)10/h2-4,14H,5H2,1H3,(H,12,13). The fourth-order valence-corrected chi connectivity index (χ4v) is 1.18. The van der Waals surface area contributed by atoms with Crippen LogP contribution in [0.3, 0.4) is 0 Å². The summed E-state index contributed by atoms with van der Waals surface area (Å²) >= 11 is 5.72. The van der Waals surface area contributed by atoms with Crippen molar-refractivity contribution >= 4 is 17.6 Å². The predicted molar refractivity (Wildman–Crippen MR) is 51.2 cm³/mol. The van der Waals surface area contributed by atoms with E-state index in [4.69, 9.17) is 16.7 Å². The number of rotatable bonds is 3. The number of pyridine rings is 1. The van der Waals surface area contributed by atoms with Crippen LogP contribution in [0, 0.1) is 0 Å². The molecule has 0 amide bonds. The number of hydrogen-bond acceptors (Lipinski definition) is 3. The predicted octanol–water partition coefficient (Wildman–Crippen LogP) is 1.11. The molecule has 0 saturated carbocycles. The first-order valence-electron chi connectivity index (χ1n) is 3.98. The monoisotopic (exact) mass is 215 g/mol. The maximum atomic E-state index is 10.6. The van der Waals surface area contributed by atoms with Gasteiger partial charge in [0.25, 0.3) is 0 Å². The molecule has 0 aliphatic carbocycles. The van der Waals surface area contributed by atoms with Crippen LogP contribution in [0.4, 0.5) is 0 Å². The van der Waals surface area contributed by atoms with Crippen LogP contribution in [-0.4, -0.2) is 26.8 Å². The van der Waals surface area contributed by atoms with Crippen LogP contribution < -0.4 is 0 Å². The molecule has 1 aromatic rings. The first-order chi connectivity index (χ1) is 6.43. The van der Waals surface area contributed by atoms with Gasteiger partial charge in [-0.25, -0.2) is 9.78 Å². The molecule has 0 saturated heterocycles. The van der Waals surface area contributed by atoms with Crippen molar-refractivity contribution in [3.05, 3.63) is 29.0 Å². The van der Waals surface area contributed by atoms with E-state index < -0.39 is 11.6 Å². The molecular formula is C9H10ClNO3. The highest BCUT2D eigenvalue weighted by Crippen LogP contribution is 2.18. The molecule has 2 N–H and O–H groups in total. The zero-order valence-electron chi connectivity index (χ0n) is 7.57. The molecule has 1 heterocycles. The summed E-state index contributed by atoms with van der Waals surface area (Å²) in [5, 5.41) is 18.4. The maximum Gasteiger partial charge on any atom is 0.335 e. The van der Waals surface area contributed by atoms with Gasteiger partial charge >= 0.3 is 5.97 Å². The van der Waals surface area contributed by atoms with Crippen molar-refractivity contribution in [3.8, 4) is 0 Å². The molecule has 0 aliphatic heterocycles. The summed E-state index contributed by atoms with van der Waals surface area (Å²) < 4.78 is 0. The Labute approximate surface area is 86.2 Å². The van der Waals surface area contributed by atoms with Crippen molar-refractivity contribution in [2.24, 2.45) is 0 Å². The number of aromatic nitrogens is 1. The topological polar surface area (TPSA) is 70.4 Å². The molecule has 0 aliphatic rings. The molecule has 0 aromatic carbocycles. The lowest BCUT2D eigenvalue weighted by molar-refractivity contribution is -0.156. The van der Waals surface area contributed by atoms with E-state index in [9.17, 15) is 9.90 Å². The summed E-state index contributed by atoms with van der Waals surface area (Å²) in [5.74, 6) is -1.28. The van der Waals surface area contributed by atoms with Crippen molar-refractivity contribution in [1.29, 1.82) is 0 Å². The lowest BCUT2D eigenvalue weighted by atomic mass is 9.98. The third-order valence-electron chi connectivity index (χ3n) is 1.83. The molecule has 76 valence electrons. The number of carboxylic acid groups (broad SMARTS) is 1. The van der Waals surface area contributed by atoms with E-state index in [1.165, 1.54) is 13.1 Å². The Balaban J connectivity index is 2.89. The lowest BCUT2D eigenvalue weighted by Crippen LogP contribution is -2.37.